The average molecular weight is 204 g/mol. The minimum Gasteiger partial charge on any atom is -0.316 e. The zero-order chi connectivity index (χ0) is 10.5. The maximum absolute atomic E-state index is 3.32. The van der Waals surface area contributed by atoms with Crippen LogP contribution in [0.2, 0.25) is 0 Å². The Morgan fingerprint density at radius 2 is 2.00 bits per heavy atom. The van der Waals surface area contributed by atoms with Gasteiger partial charge in [-0.1, -0.05) is 30.3 Å². The van der Waals surface area contributed by atoms with Crippen LogP contribution in [0, 0.1) is 5.92 Å². The van der Waals surface area contributed by atoms with Gasteiger partial charge < -0.3 is 10.2 Å². The summed E-state index contributed by atoms with van der Waals surface area (Å²) in [6.07, 6.45) is 1.33. The molecule has 0 aliphatic carbocycles. The van der Waals surface area contributed by atoms with Gasteiger partial charge in [-0.25, -0.2) is 0 Å². The van der Waals surface area contributed by atoms with E-state index in [1.54, 1.807) is 0 Å². The molecule has 0 saturated carbocycles. The minimum absolute atomic E-state index is 0.920. The predicted octanol–water partition coefficient (Wildman–Crippen LogP) is 1.73. The molecule has 0 unspecified atom stereocenters. The molecule has 0 aromatic heterocycles. The monoisotopic (exact) mass is 204 g/mol. The summed E-state index contributed by atoms with van der Waals surface area (Å²) in [6, 6.07) is 10.7. The van der Waals surface area contributed by atoms with Crippen molar-refractivity contribution in [2.24, 2.45) is 5.92 Å². The highest BCUT2D eigenvalue weighted by Crippen LogP contribution is 2.10. The van der Waals surface area contributed by atoms with Crippen LogP contribution < -0.4 is 5.32 Å². The quantitative estimate of drug-likeness (QED) is 0.786. The summed E-state index contributed by atoms with van der Waals surface area (Å²) in [5.41, 5.74) is 1.41. The lowest BCUT2D eigenvalue weighted by atomic mass is 9.99. The third kappa shape index (κ3) is 3.33. The van der Waals surface area contributed by atoms with E-state index in [4.69, 9.17) is 0 Å². The Bertz CT molecular complexity index is 280. The summed E-state index contributed by atoms with van der Waals surface area (Å²) in [7, 11) is 2.21. The summed E-state index contributed by atoms with van der Waals surface area (Å²) in [5, 5.41) is 3.32. The Kier molecular flexibility index (Phi) is 3.75. The summed E-state index contributed by atoms with van der Waals surface area (Å²) in [5.74, 6) is 0.920. The molecule has 82 valence electrons. The lowest BCUT2D eigenvalue weighted by Crippen LogP contribution is -2.43. The molecule has 2 rings (SSSR count). The number of nitrogens with one attached hydrogen (secondary N) is 1. The van der Waals surface area contributed by atoms with Crippen molar-refractivity contribution in [1.82, 2.24) is 10.2 Å². The molecular weight excluding hydrogens is 184 g/mol. The van der Waals surface area contributed by atoms with Gasteiger partial charge >= 0.3 is 0 Å². The molecular formula is C13H20N2. The molecule has 2 nitrogen and oxygen atoms in total. The molecule has 1 aliphatic heterocycles. The van der Waals surface area contributed by atoms with Crippen molar-refractivity contribution < 1.29 is 0 Å². The highest BCUT2D eigenvalue weighted by atomic mass is 15.1. The van der Waals surface area contributed by atoms with Crippen molar-refractivity contribution in [2.45, 2.75) is 13.0 Å². The molecule has 1 aromatic rings. The zero-order valence-corrected chi connectivity index (χ0v) is 9.45. The second-order valence-corrected chi connectivity index (χ2v) is 4.54. The van der Waals surface area contributed by atoms with Gasteiger partial charge in [0.05, 0.1) is 0 Å². The molecule has 1 fully saturated rings. The van der Waals surface area contributed by atoms with Gasteiger partial charge in [0.1, 0.15) is 0 Å². The van der Waals surface area contributed by atoms with Crippen LogP contribution in [-0.4, -0.2) is 31.6 Å². The van der Waals surface area contributed by atoms with Crippen LogP contribution in [0.15, 0.2) is 30.3 Å². The van der Waals surface area contributed by atoms with Gasteiger partial charge in [-0.05, 0) is 44.6 Å². The maximum Gasteiger partial charge on any atom is 0.0230 e. The topological polar surface area (TPSA) is 15.3 Å². The van der Waals surface area contributed by atoms with Gasteiger partial charge in [0.2, 0.25) is 0 Å². The van der Waals surface area contributed by atoms with Gasteiger partial charge in [-0.2, -0.15) is 0 Å². The number of hydrogen-bond donors (Lipinski definition) is 1. The number of rotatable bonds is 5. The lowest BCUT2D eigenvalue weighted by molar-refractivity contribution is 0.252. The van der Waals surface area contributed by atoms with E-state index in [9.17, 15) is 0 Å². The number of benzene rings is 1. The largest absolute Gasteiger partial charge is 0.316 e. The Labute approximate surface area is 92.3 Å². The van der Waals surface area contributed by atoms with Crippen molar-refractivity contribution in [3.8, 4) is 0 Å². The Morgan fingerprint density at radius 1 is 1.27 bits per heavy atom. The molecule has 0 atom stereocenters. The number of hydrogen-bond acceptors (Lipinski definition) is 2. The fourth-order valence-corrected chi connectivity index (χ4v) is 1.93. The van der Waals surface area contributed by atoms with Gasteiger partial charge in [-0.15, -0.1) is 0 Å². The van der Waals surface area contributed by atoms with E-state index in [0.717, 1.165) is 12.5 Å². The number of nitrogens with zero attached hydrogens (tertiary/aromatic N) is 1. The van der Waals surface area contributed by atoms with Crippen LogP contribution >= 0.6 is 0 Å². The molecule has 15 heavy (non-hydrogen) atoms. The Morgan fingerprint density at radius 3 is 2.60 bits per heavy atom. The van der Waals surface area contributed by atoms with E-state index in [0.29, 0.717) is 0 Å². The summed E-state index contributed by atoms with van der Waals surface area (Å²) < 4.78 is 0. The van der Waals surface area contributed by atoms with Crippen molar-refractivity contribution in [3.05, 3.63) is 35.9 Å². The van der Waals surface area contributed by atoms with E-state index >= 15 is 0 Å². The zero-order valence-electron chi connectivity index (χ0n) is 9.45. The fraction of sp³-hybridized carbons (Fsp3) is 0.538. The first-order chi connectivity index (χ1) is 7.34. The SMILES string of the molecule is CN(CCC1CNC1)Cc1ccccc1. The van der Waals surface area contributed by atoms with E-state index in [1.807, 2.05) is 0 Å². The normalized spacial score (nSPS) is 16.7. The summed E-state index contributed by atoms with van der Waals surface area (Å²) >= 11 is 0. The predicted molar refractivity (Wildman–Crippen MR) is 63.8 cm³/mol. The third-order valence-corrected chi connectivity index (χ3v) is 3.08. The fourth-order valence-electron chi connectivity index (χ4n) is 1.93. The first-order valence-corrected chi connectivity index (χ1v) is 5.78. The van der Waals surface area contributed by atoms with E-state index in [2.05, 4.69) is 47.6 Å². The van der Waals surface area contributed by atoms with Gasteiger partial charge in [-0.3, -0.25) is 0 Å². The van der Waals surface area contributed by atoms with Gasteiger partial charge in [0, 0.05) is 6.54 Å². The highest BCUT2D eigenvalue weighted by Gasteiger charge is 2.16. The molecule has 1 aromatic carbocycles. The van der Waals surface area contributed by atoms with Crippen molar-refractivity contribution in [1.29, 1.82) is 0 Å². The first kappa shape index (κ1) is 10.7. The highest BCUT2D eigenvalue weighted by molar-refractivity contribution is 5.14. The van der Waals surface area contributed by atoms with Crippen LogP contribution in [-0.2, 0) is 6.54 Å². The average Bonchev–Trinajstić information content (AvgIpc) is 2.17. The van der Waals surface area contributed by atoms with Crippen LogP contribution in [0.5, 0.6) is 0 Å². The Balaban J connectivity index is 1.69. The molecule has 0 spiro atoms. The molecule has 2 heteroatoms. The van der Waals surface area contributed by atoms with Gasteiger partial charge in [0.25, 0.3) is 0 Å². The second kappa shape index (κ2) is 5.29. The van der Waals surface area contributed by atoms with Gasteiger partial charge in [0.15, 0.2) is 0 Å². The molecule has 1 heterocycles. The third-order valence-electron chi connectivity index (χ3n) is 3.08. The molecule has 1 aliphatic rings. The summed E-state index contributed by atoms with van der Waals surface area (Å²) in [4.78, 5) is 2.41. The Hall–Kier alpha value is -0.860. The van der Waals surface area contributed by atoms with Crippen molar-refractivity contribution in [2.75, 3.05) is 26.7 Å². The first-order valence-electron chi connectivity index (χ1n) is 5.78. The molecule has 0 amide bonds. The van der Waals surface area contributed by atoms with E-state index in [1.165, 1.54) is 31.6 Å². The smallest absolute Gasteiger partial charge is 0.0230 e. The van der Waals surface area contributed by atoms with Crippen molar-refractivity contribution >= 4 is 0 Å². The standard InChI is InChI=1S/C13H20N2/c1-15(8-7-13-9-14-10-13)11-12-5-3-2-4-6-12/h2-6,13-14H,7-11H2,1H3. The van der Waals surface area contributed by atoms with E-state index in [-0.39, 0.29) is 0 Å². The summed E-state index contributed by atoms with van der Waals surface area (Å²) in [6.45, 7) is 4.72. The maximum atomic E-state index is 3.32. The molecule has 1 N–H and O–H groups in total. The van der Waals surface area contributed by atoms with Crippen molar-refractivity contribution in [3.63, 3.8) is 0 Å². The van der Waals surface area contributed by atoms with Crippen LogP contribution in [0.3, 0.4) is 0 Å². The molecule has 1 saturated heterocycles. The minimum atomic E-state index is 0.920. The molecule has 0 radical (unpaired) electrons. The molecule has 0 bridgehead atoms. The van der Waals surface area contributed by atoms with Crippen LogP contribution in [0.4, 0.5) is 0 Å². The van der Waals surface area contributed by atoms with E-state index < -0.39 is 0 Å². The lowest BCUT2D eigenvalue weighted by Gasteiger charge is -2.29. The second-order valence-electron chi connectivity index (χ2n) is 4.54. The van der Waals surface area contributed by atoms with Crippen LogP contribution in [0.25, 0.3) is 0 Å². The van der Waals surface area contributed by atoms with Crippen LogP contribution in [0.1, 0.15) is 12.0 Å².